The third-order valence-electron chi connectivity index (χ3n) is 2.58. The lowest BCUT2D eigenvalue weighted by Gasteiger charge is -2.13. The van der Waals surface area contributed by atoms with Crippen molar-refractivity contribution in [3.05, 3.63) is 29.3 Å². The van der Waals surface area contributed by atoms with Crippen LogP contribution >= 0.6 is 11.3 Å². The SMILES string of the molecule is COCCNC(C)c1cnc2ccsc2c1. The molecule has 86 valence electrons. The van der Waals surface area contributed by atoms with Crippen LogP contribution in [0.1, 0.15) is 18.5 Å². The number of hydrogen-bond acceptors (Lipinski definition) is 4. The monoisotopic (exact) mass is 236 g/mol. The fraction of sp³-hybridized carbons (Fsp3) is 0.417. The molecule has 2 heterocycles. The molecule has 0 spiro atoms. The van der Waals surface area contributed by atoms with E-state index in [0.29, 0.717) is 6.04 Å². The summed E-state index contributed by atoms with van der Waals surface area (Å²) < 4.78 is 6.26. The van der Waals surface area contributed by atoms with Gasteiger partial charge >= 0.3 is 0 Å². The van der Waals surface area contributed by atoms with Crippen LogP contribution in [-0.4, -0.2) is 25.2 Å². The lowest BCUT2D eigenvalue weighted by molar-refractivity contribution is 0.196. The van der Waals surface area contributed by atoms with Crippen LogP contribution in [0, 0.1) is 0 Å². The smallest absolute Gasteiger partial charge is 0.0809 e. The van der Waals surface area contributed by atoms with Crippen molar-refractivity contribution in [2.45, 2.75) is 13.0 Å². The Morgan fingerprint density at radius 1 is 1.56 bits per heavy atom. The molecule has 0 radical (unpaired) electrons. The van der Waals surface area contributed by atoms with Crippen LogP contribution < -0.4 is 5.32 Å². The zero-order chi connectivity index (χ0) is 11.4. The second-order valence-electron chi connectivity index (χ2n) is 3.74. The first-order valence-electron chi connectivity index (χ1n) is 5.36. The van der Waals surface area contributed by atoms with Gasteiger partial charge in [0.05, 0.1) is 16.8 Å². The molecule has 1 atom stereocenters. The minimum Gasteiger partial charge on any atom is -0.383 e. The highest BCUT2D eigenvalue weighted by Gasteiger charge is 2.06. The molecule has 0 bridgehead atoms. The molecule has 1 N–H and O–H groups in total. The first-order valence-corrected chi connectivity index (χ1v) is 6.24. The van der Waals surface area contributed by atoms with Crippen LogP contribution in [0.5, 0.6) is 0 Å². The summed E-state index contributed by atoms with van der Waals surface area (Å²) in [6.45, 7) is 3.74. The average molecular weight is 236 g/mol. The van der Waals surface area contributed by atoms with E-state index >= 15 is 0 Å². The molecule has 2 rings (SSSR count). The molecule has 0 amide bonds. The Kier molecular flexibility index (Phi) is 3.88. The van der Waals surface area contributed by atoms with Crippen LogP contribution in [-0.2, 0) is 4.74 Å². The summed E-state index contributed by atoms with van der Waals surface area (Å²) in [4.78, 5) is 4.43. The second kappa shape index (κ2) is 5.39. The first kappa shape index (κ1) is 11.5. The van der Waals surface area contributed by atoms with E-state index in [9.17, 15) is 0 Å². The number of aromatic nitrogens is 1. The Hall–Kier alpha value is -0.970. The molecule has 0 saturated heterocycles. The lowest BCUT2D eigenvalue weighted by atomic mass is 10.1. The van der Waals surface area contributed by atoms with E-state index < -0.39 is 0 Å². The van der Waals surface area contributed by atoms with Crippen LogP contribution in [0.2, 0.25) is 0 Å². The Morgan fingerprint density at radius 3 is 3.25 bits per heavy atom. The third-order valence-corrected chi connectivity index (χ3v) is 3.43. The van der Waals surface area contributed by atoms with Gasteiger partial charge in [-0.1, -0.05) is 0 Å². The van der Waals surface area contributed by atoms with E-state index in [1.54, 1.807) is 18.4 Å². The fourth-order valence-electron chi connectivity index (χ4n) is 1.59. The summed E-state index contributed by atoms with van der Waals surface area (Å²) in [5.74, 6) is 0. The van der Waals surface area contributed by atoms with E-state index in [1.807, 2.05) is 12.3 Å². The molecule has 3 nitrogen and oxygen atoms in total. The molecule has 0 aliphatic carbocycles. The molecular formula is C12H16N2OS. The summed E-state index contributed by atoms with van der Waals surface area (Å²) in [5.41, 5.74) is 2.31. The number of thiophene rings is 1. The van der Waals surface area contributed by atoms with Gasteiger partial charge in [0, 0.05) is 25.9 Å². The van der Waals surface area contributed by atoms with Crippen molar-refractivity contribution >= 4 is 21.6 Å². The number of hydrogen-bond donors (Lipinski definition) is 1. The number of methoxy groups -OCH3 is 1. The van der Waals surface area contributed by atoms with Gasteiger partial charge in [-0.3, -0.25) is 4.98 Å². The minimum atomic E-state index is 0.314. The Morgan fingerprint density at radius 2 is 2.44 bits per heavy atom. The van der Waals surface area contributed by atoms with Gasteiger partial charge in [-0.15, -0.1) is 11.3 Å². The number of pyridine rings is 1. The molecule has 0 aromatic carbocycles. The van der Waals surface area contributed by atoms with Crippen molar-refractivity contribution in [1.29, 1.82) is 0 Å². The minimum absolute atomic E-state index is 0.314. The number of rotatable bonds is 5. The van der Waals surface area contributed by atoms with Crippen LogP contribution in [0.3, 0.4) is 0 Å². The van der Waals surface area contributed by atoms with Crippen molar-refractivity contribution in [2.75, 3.05) is 20.3 Å². The van der Waals surface area contributed by atoms with Gasteiger partial charge in [-0.25, -0.2) is 0 Å². The largest absolute Gasteiger partial charge is 0.383 e. The summed E-state index contributed by atoms with van der Waals surface area (Å²) >= 11 is 1.73. The highest BCUT2D eigenvalue weighted by atomic mass is 32.1. The molecule has 4 heteroatoms. The van der Waals surface area contributed by atoms with Crippen LogP contribution in [0.4, 0.5) is 0 Å². The van der Waals surface area contributed by atoms with Gasteiger partial charge < -0.3 is 10.1 Å². The maximum absolute atomic E-state index is 5.01. The molecule has 16 heavy (non-hydrogen) atoms. The molecule has 2 aromatic rings. The fourth-order valence-corrected chi connectivity index (χ4v) is 2.38. The Labute approximate surface area is 99.5 Å². The van der Waals surface area contributed by atoms with E-state index in [-0.39, 0.29) is 0 Å². The van der Waals surface area contributed by atoms with Crippen molar-refractivity contribution in [3.63, 3.8) is 0 Å². The van der Waals surface area contributed by atoms with E-state index in [1.165, 1.54) is 10.3 Å². The van der Waals surface area contributed by atoms with Crippen LogP contribution in [0.25, 0.3) is 10.2 Å². The van der Waals surface area contributed by atoms with E-state index in [0.717, 1.165) is 18.7 Å². The molecule has 0 aliphatic heterocycles. The molecule has 2 aromatic heterocycles. The summed E-state index contributed by atoms with van der Waals surface area (Å²) in [5, 5.41) is 5.47. The number of nitrogens with one attached hydrogen (secondary N) is 1. The highest BCUT2D eigenvalue weighted by Crippen LogP contribution is 2.22. The topological polar surface area (TPSA) is 34.1 Å². The van der Waals surface area contributed by atoms with Crippen molar-refractivity contribution < 1.29 is 4.74 Å². The summed E-state index contributed by atoms with van der Waals surface area (Å²) in [6.07, 6.45) is 1.94. The molecular weight excluding hydrogens is 220 g/mol. The predicted octanol–water partition coefficient (Wildman–Crippen LogP) is 2.59. The number of fused-ring (bicyclic) bond motifs is 1. The predicted molar refractivity (Wildman–Crippen MR) is 67.9 cm³/mol. The molecule has 0 fully saturated rings. The zero-order valence-corrected chi connectivity index (χ0v) is 10.4. The summed E-state index contributed by atoms with van der Waals surface area (Å²) in [7, 11) is 1.71. The van der Waals surface area contributed by atoms with Crippen molar-refractivity contribution in [1.82, 2.24) is 10.3 Å². The second-order valence-corrected chi connectivity index (χ2v) is 4.69. The number of nitrogens with zero attached hydrogens (tertiary/aromatic N) is 1. The lowest BCUT2D eigenvalue weighted by Crippen LogP contribution is -2.22. The highest BCUT2D eigenvalue weighted by molar-refractivity contribution is 7.17. The maximum Gasteiger partial charge on any atom is 0.0809 e. The molecule has 0 saturated carbocycles. The van der Waals surface area contributed by atoms with Gasteiger partial charge in [-0.05, 0) is 30.0 Å². The first-order chi connectivity index (χ1) is 7.81. The molecule has 0 aliphatic rings. The van der Waals surface area contributed by atoms with Crippen molar-refractivity contribution in [3.8, 4) is 0 Å². The van der Waals surface area contributed by atoms with Gasteiger partial charge in [-0.2, -0.15) is 0 Å². The Bertz CT molecular complexity index is 455. The van der Waals surface area contributed by atoms with E-state index in [2.05, 4.69) is 28.7 Å². The van der Waals surface area contributed by atoms with Gasteiger partial charge in [0.2, 0.25) is 0 Å². The van der Waals surface area contributed by atoms with Gasteiger partial charge in [0.1, 0.15) is 0 Å². The normalized spacial score (nSPS) is 13.1. The zero-order valence-electron chi connectivity index (χ0n) is 9.56. The average Bonchev–Trinajstić information content (AvgIpc) is 2.76. The molecule has 1 unspecified atom stereocenters. The third kappa shape index (κ3) is 2.58. The van der Waals surface area contributed by atoms with Gasteiger partial charge in [0.25, 0.3) is 0 Å². The quantitative estimate of drug-likeness (QED) is 0.810. The van der Waals surface area contributed by atoms with Crippen molar-refractivity contribution in [2.24, 2.45) is 0 Å². The van der Waals surface area contributed by atoms with Gasteiger partial charge in [0.15, 0.2) is 0 Å². The van der Waals surface area contributed by atoms with Crippen LogP contribution in [0.15, 0.2) is 23.7 Å². The number of ether oxygens (including phenoxy) is 1. The maximum atomic E-state index is 5.01. The Balaban J connectivity index is 2.07. The summed E-state index contributed by atoms with van der Waals surface area (Å²) in [6, 6.07) is 4.57. The standard InChI is InChI=1S/C12H16N2OS/c1-9(13-4-5-15-2)10-7-12-11(14-8-10)3-6-16-12/h3,6-9,13H,4-5H2,1-2H3. The van der Waals surface area contributed by atoms with E-state index in [4.69, 9.17) is 4.74 Å².